The van der Waals surface area contributed by atoms with E-state index in [0.29, 0.717) is 24.4 Å². The third-order valence-corrected chi connectivity index (χ3v) is 7.64. The lowest BCUT2D eigenvalue weighted by molar-refractivity contribution is -0.120. The first kappa shape index (κ1) is 26.0. The van der Waals surface area contributed by atoms with Crippen molar-refractivity contribution in [3.63, 3.8) is 0 Å². The molecule has 3 amide bonds. The van der Waals surface area contributed by atoms with Crippen LogP contribution in [0.3, 0.4) is 0 Å². The molecule has 1 atom stereocenters. The predicted octanol–water partition coefficient (Wildman–Crippen LogP) is 1.24. The van der Waals surface area contributed by atoms with Gasteiger partial charge in [0.25, 0.3) is 10.0 Å². The van der Waals surface area contributed by atoms with Gasteiger partial charge < -0.3 is 15.5 Å². The standard InChI is InChI=1S/C18H25N5O4S2.ClH/c1-4-14(17(24)20-7-9-22(2)3)28-15-6-5-13(12-19)11-16(15)29(26,27)23-10-8-21-18(23)25;/h5-6,11,14H,4,7-10H2,1-3H3,(H,20,24)(H,21,25);1H. The van der Waals surface area contributed by atoms with Crippen molar-refractivity contribution in [3.05, 3.63) is 23.8 Å². The Morgan fingerprint density at radius 3 is 2.67 bits per heavy atom. The maximum absolute atomic E-state index is 13.1. The Balaban J connectivity index is 0.00000450. The van der Waals surface area contributed by atoms with Crippen molar-refractivity contribution in [1.82, 2.24) is 19.8 Å². The van der Waals surface area contributed by atoms with E-state index >= 15 is 0 Å². The summed E-state index contributed by atoms with van der Waals surface area (Å²) in [6.07, 6.45) is 0.488. The Morgan fingerprint density at radius 2 is 2.13 bits per heavy atom. The third kappa shape index (κ3) is 6.25. The number of nitrogens with zero attached hydrogens (tertiary/aromatic N) is 3. The van der Waals surface area contributed by atoms with E-state index in [1.54, 1.807) is 0 Å². The average Bonchev–Trinajstić information content (AvgIpc) is 3.12. The van der Waals surface area contributed by atoms with Crippen molar-refractivity contribution in [2.75, 3.05) is 40.3 Å². The van der Waals surface area contributed by atoms with E-state index in [-0.39, 0.29) is 41.9 Å². The van der Waals surface area contributed by atoms with E-state index in [4.69, 9.17) is 0 Å². The predicted molar refractivity (Wildman–Crippen MR) is 117 cm³/mol. The summed E-state index contributed by atoms with van der Waals surface area (Å²) in [5.41, 5.74) is 0.163. The minimum atomic E-state index is -4.15. The summed E-state index contributed by atoms with van der Waals surface area (Å²) in [6.45, 7) is 3.26. The van der Waals surface area contributed by atoms with Crippen LogP contribution in [0.15, 0.2) is 28.0 Å². The molecule has 30 heavy (non-hydrogen) atoms. The fourth-order valence-electron chi connectivity index (χ4n) is 2.67. The van der Waals surface area contributed by atoms with Crippen LogP contribution in [0.1, 0.15) is 18.9 Å². The summed E-state index contributed by atoms with van der Waals surface area (Å²) in [4.78, 5) is 26.6. The largest absolute Gasteiger partial charge is 0.354 e. The lowest BCUT2D eigenvalue weighted by Gasteiger charge is -2.20. The molecule has 0 bridgehead atoms. The summed E-state index contributed by atoms with van der Waals surface area (Å²) in [5, 5.41) is 14.0. The fourth-order valence-corrected chi connectivity index (χ4v) is 5.57. The molecule has 1 heterocycles. The second kappa shape index (κ2) is 11.4. The number of carbonyl (C=O) groups is 2. The maximum atomic E-state index is 13.1. The van der Waals surface area contributed by atoms with Gasteiger partial charge in [-0.05, 0) is 38.7 Å². The van der Waals surface area contributed by atoms with Gasteiger partial charge in [0.05, 0.1) is 23.4 Å². The summed E-state index contributed by atoms with van der Waals surface area (Å²) < 4.78 is 26.9. The molecule has 1 aromatic carbocycles. The summed E-state index contributed by atoms with van der Waals surface area (Å²) in [5.74, 6) is -0.189. The number of hydrogen-bond acceptors (Lipinski definition) is 7. The molecule has 1 aromatic rings. The molecule has 0 saturated carbocycles. The number of rotatable bonds is 9. The molecule has 1 fully saturated rings. The smallest absolute Gasteiger partial charge is 0.331 e. The molecule has 0 radical (unpaired) electrons. The van der Waals surface area contributed by atoms with E-state index in [9.17, 15) is 23.3 Å². The SMILES string of the molecule is CCC(Sc1ccc(C#N)cc1S(=O)(=O)N1CCNC1=O)C(=O)NCCN(C)C.Cl. The van der Waals surface area contributed by atoms with Crippen LogP contribution >= 0.6 is 24.2 Å². The first-order valence-electron chi connectivity index (χ1n) is 9.14. The Kier molecular flexibility index (Phi) is 9.90. The quantitative estimate of drug-likeness (QED) is 0.515. The average molecular weight is 476 g/mol. The number of hydrogen-bond donors (Lipinski definition) is 2. The van der Waals surface area contributed by atoms with Crippen molar-refractivity contribution in [2.45, 2.75) is 28.4 Å². The van der Waals surface area contributed by atoms with Crippen molar-refractivity contribution in [1.29, 1.82) is 5.26 Å². The number of thioether (sulfide) groups is 1. The molecule has 2 rings (SSSR count). The molecule has 1 aliphatic rings. The number of likely N-dealkylation sites (N-methyl/N-ethyl adjacent to an activating group) is 1. The molecule has 12 heteroatoms. The topological polar surface area (TPSA) is 123 Å². The van der Waals surface area contributed by atoms with Gasteiger partial charge >= 0.3 is 6.03 Å². The molecule has 1 unspecified atom stereocenters. The second-order valence-corrected chi connectivity index (χ2v) is 9.77. The van der Waals surface area contributed by atoms with Gasteiger partial charge in [-0.25, -0.2) is 17.5 Å². The van der Waals surface area contributed by atoms with Gasteiger partial charge in [-0.3, -0.25) is 4.79 Å². The van der Waals surface area contributed by atoms with Crippen LogP contribution in [0.2, 0.25) is 0 Å². The van der Waals surface area contributed by atoms with Crippen LogP contribution in [0.25, 0.3) is 0 Å². The molecule has 9 nitrogen and oxygen atoms in total. The van der Waals surface area contributed by atoms with E-state index in [2.05, 4.69) is 10.6 Å². The highest BCUT2D eigenvalue weighted by Gasteiger charge is 2.35. The van der Waals surface area contributed by atoms with Crippen molar-refractivity contribution in [2.24, 2.45) is 0 Å². The molecule has 1 aliphatic heterocycles. The number of nitriles is 1. The van der Waals surface area contributed by atoms with Crippen molar-refractivity contribution in [3.8, 4) is 6.07 Å². The van der Waals surface area contributed by atoms with Crippen molar-refractivity contribution < 1.29 is 18.0 Å². The molecule has 0 spiro atoms. The van der Waals surface area contributed by atoms with Crippen molar-refractivity contribution >= 4 is 46.1 Å². The number of sulfonamides is 1. The molecule has 0 aliphatic carbocycles. The van der Waals surface area contributed by atoms with Gasteiger partial charge in [-0.1, -0.05) is 6.92 Å². The minimum absolute atomic E-state index is 0. The Morgan fingerprint density at radius 1 is 1.43 bits per heavy atom. The van der Waals surface area contributed by atoms with E-state index < -0.39 is 21.3 Å². The summed E-state index contributed by atoms with van der Waals surface area (Å²) in [6, 6.07) is 5.49. The highest BCUT2D eigenvalue weighted by atomic mass is 35.5. The van der Waals surface area contributed by atoms with Gasteiger partial charge in [0.15, 0.2) is 0 Å². The zero-order chi connectivity index (χ0) is 21.6. The van der Waals surface area contributed by atoms with Gasteiger partial charge in [0.1, 0.15) is 4.90 Å². The summed E-state index contributed by atoms with van der Waals surface area (Å²) >= 11 is 1.12. The highest BCUT2D eigenvalue weighted by Crippen LogP contribution is 2.34. The first-order valence-corrected chi connectivity index (χ1v) is 11.5. The van der Waals surface area contributed by atoms with Crippen LogP contribution in [-0.4, -0.2) is 75.1 Å². The molecule has 1 saturated heterocycles. The molecule has 0 aromatic heterocycles. The van der Waals surface area contributed by atoms with Gasteiger partial charge in [0.2, 0.25) is 5.91 Å². The lowest BCUT2D eigenvalue weighted by Crippen LogP contribution is -2.37. The van der Waals surface area contributed by atoms with Crippen LogP contribution in [0.4, 0.5) is 4.79 Å². The number of carbonyl (C=O) groups excluding carboxylic acids is 2. The third-order valence-electron chi connectivity index (χ3n) is 4.25. The second-order valence-electron chi connectivity index (χ2n) is 6.69. The Hall–Kier alpha value is -2.00. The van der Waals surface area contributed by atoms with Gasteiger partial charge in [0, 0.05) is 24.5 Å². The maximum Gasteiger partial charge on any atom is 0.331 e. The Labute approximate surface area is 187 Å². The Bertz CT molecular complexity index is 918. The van der Waals surface area contributed by atoms with Crippen LogP contribution < -0.4 is 10.6 Å². The number of amides is 3. The highest BCUT2D eigenvalue weighted by molar-refractivity contribution is 8.01. The van der Waals surface area contributed by atoms with Crippen LogP contribution in [0, 0.1) is 11.3 Å². The molecule has 2 N–H and O–H groups in total. The molecule has 166 valence electrons. The number of urea groups is 1. The fraction of sp³-hybridized carbons (Fsp3) is 0.500. The number of benzene rings is 1. The molecular formula is C18H26ClN5O4S2. The minimum Gasteiger partial charge on any atom is -0.354 e. The van der Waals surface area contributed by atoms with Gasteiger partial charge in [-0.2, -0.15) is 5.26 Å². The monoisotopic (exact) mass is 475 g/mol. The van der Waals surface area contributed by atoms with Crippen LogP contribution in [-0.2, 0) is 14.8 Å². The van der Waals surface area contributed by atoms with E-state index in [0.717, 1.165) is 16.1 Å². The lowest BCUT2D eigenvalue weighted by atomic mass is 10.2. The zero-order valence-corrected chi connectivity index (χ0v) is 19.5. The first-order chi connectivity index (χ1) is 13.7. The number of halogens is 1. The normalized spacial score (nSPS) is 14.6. The molecular weight excluding hydrogens is 450 g/mol. The van der Waals surface area contributed by atoms with Crippen LogP contribution in [0.5, 0.6) is 0 Å². The van der Waals surface area contributed by atoms with E-state index in [1.807, 2.05) is 32.0 Å². The number of nitrogens with one attached hydrogen (secondary N) is 2. The summed E-state index contributed by atoms with van der Waals surface area (Å²) in [7, 11) is -0.341. The zero-order valence-electron chi connectivity index (χ0n) is 17.0. The van der Waals surface area contributed by atoms with E-state index in [1.165, 1.54) is 18.2 Å². The van der Waals surface area contributed by atoms with Gasteiger partial charge in [-0.15, -0.1) is 24.2 Å².